The van der Waals surface area contributed by atoms with Crippen LogP contribution in [0.2, 0.25) is 0 Å². The van der Waals surface area contributed by atoms with Gasteiger partial charge in [-0.3, -0.25) is 4.79 Å². The summed E-state index contributed by atoms with van der Waals surface area (Å²) in [6.07, 6.45) is 9.86. The van der Waals surface area contributed by atoms with Gasteiger partial charge in [0.15, 0.2) is 0 Å². The van der Waals surface area contributed by atoms with E-state index in [1.807, 2.05) is 24.1 Å². The normalized spacial score (nSPS) is 35.1. The number of esters is 2. The molecule has 4 bridgehead atoms. The maximum atomic E-state index is 11.6. The molecule has 18 heavy (non-hydrogen) atoms. The highest BCUT2D eigenvalue weighted by molar-refractivity contribution is 5.87. The van der Waals surface area contributed by atoms with Crippen LogP contribution in [0.25, 0.3) is 0 Å². The molecule has 2 heterocycles. The number of terminal acetylenes is 1. The molecule has 4 atom stereocenters. The molecule has 0 saturated carbocycles. The van der Waals surface area contributed by atoms with Gasteiger partial charge in [-0.25, -0.2) is 4.79 Å². The van der Waals surface area contributed by atoms with Crippen molar-refractivity contribution in [1.29, 1.82) is 0 Å². The summed E-state index contributed by atoms with van der Waals surface area (Å²) >= 11 is 0. The molecular formula is C13H10O5. The first kappa shape index (κ1) is 10.9. The van der Waals surface area contributed by atoms with Gasteiger partial charge >= 0.3 is 11.9 Å². The molecule has 3 aliphatic rings. The fourth-order valence-corrected chi connectivity index (χ4v) is 2.50. The summed E-state index contributed by atoms with van der Waals surface area (Å²) in [4.78, 5) is 22.4. The van der Waals surface area contributed by atoms with Crippen molar-refractivity contribution >= 4 is 11.9 Å². The van der Waals surface area contributed by atoms with Gasteiger partial charge in [0, 0.05) is 11.8 Å². The van der Waals surface area contributed by atoms with Crippen LogP contribution >= 0.6 is 0 Å². The summed E-state index contributed by atoms with van der Waals surface area (Å²) in [5, 5.41) is 0. The van der Waals surface area contributed by atoms with Gasteiger partial charge in [0.25, 0.3) is 6.29 Å². The molecule has 0 spiro atoms. The van der Waals surface area contributed by atoms with E-state index in [9.17, 15) is 9.59 Å². The predicted octanol–water partition coefficient (Wildman–Crippen LogP) is 0.378. The fraction of sp³-hybridized carbons (Fsp3) is 0.385. The van der Waals surface area contributed by atoms with Gasteiger partial charge in [0.05, 0.1) is 11.8 Å². The molecule has 1 saturated heterocycles. The zero-order valence-corrected chi connectivity index (χ0v) is 9.37. The highest BCUT2D eigenvalue weighted by atomic mass is 16.7. The van der Waals surface area contributed by atoms with Crippen molar-refractivity contribution in [3.05, 3.63) is 24.0 Å². The van der Waals surface area contributed by atoms with Crippen LogP contribution in [-0.2, 0) is 23.8 Å². The second-order valence-electron chi connectivity index (χ2n) is 4.34. The molecule has 1 fully saturated rings. The molecule has 0 aromatic heterocycles. The van der Waals surface area contributed by atoms with Crippen LogP contribution in [0.4, 0.5) is 0 Å². The van der Waals surface area contributed by atoms with E-state index in [4.69, 9.17) is 20.6 Å². The third-order valence-electron chi connectivity index (χ3n) is 3.33. The van der Waals surface area contributed by atoms with E-state index >= 15 is 0 Å². The van der Waals surface area contributed by atoms with Gasteiger partial charge in [-0.2, -0.15) is 0 Å². The van der Waals surface area contributed by atoms with E-state index in [2.05, 4.69) is 0 Å². The van der Waals surface area contributed by atoms with Gasteiger partial charge < -0.3 is 14.2 Å². The number of rotatable bonds is 2. The number of hydrogen-bond donors (Lipinski definition) is 0. The van der Waals surface area contributed by atoms with Gasteiger partial charge in [-0.15, -0.1) is 6.42 Å². The molecule has 0 N–H and O–H groups in total. The van der Waals surface area contributed by atoms with Gasteiger partial charge in [0.1, 0.15) is 12.4 Å². The molecule has 1 aliphatic carbocycles. The molecule has 0 amide bonds. The second-order valence-corrected chi connectivity index (χ2v) is 4.34. The second kappa shape index (κ2) is 3.91. The Bertz CT molecular complexity index is 510. The quantitative estimate of drug-likeness (QED) is 0.305. The Hall–Kier alpha value is -2.22. The van der Waals surface area contributed by atoms with Crippen LogP contribution in [0.15, 0.2) is 24.0 Å². The van der Waals surface area contributed by atoms with Crippen LogP contribution in [-0.4, -0.2) is 24.8 Å². The minimum absolute atomic E-state index is 0.0320. The van der Waals surface area contributed by atoms with Gasteiger partial charge in [-0.05, 0) is 6.08 Å². The largest absolute Gasteiger partial charge is 0.455 e. The molecule has 92 valence electrons. The summed E-state index contributed by atoms with van der Waals surface area (Å²) < 4.78 is 15.4. The summed E-state index contributed by atoms with van der Waals surface area (Å²) in [6, 6.07) is 0. The Balaban J connectivity index is 1.76. The number of carbonyl (C=O) groups excluding carboxylic acids is 2. The maximum Gasteiger partial charge on any atom is 0.384 e. The lowest BCUT2D eigenvalue weighted by Gasteiger charge is -2.38. The lowest BCUT2D eigenvalue weighted by atomic mass is 9.83. The lowest BCUT2D eigenvalue weighted by Crippen LogP contribution is -2.44. The monoisotopic (exact) mass is 246 g/mol. The average molecular weight is 246 g/mol. The Morgan fingerprint density at radius 3 is 3.00 bits per heavy atom. The Morgan fingerprint density at radius 2 is 2.22 bits per heavy atom. The molecule has 2 aliphatic heterocycles. The maximum absolute atomic E-state index is 11.6. The van der Waals surface area contributed by atoms with Crippen molar-refractivity contribution in [1.82, 2.24) is 0 Å². The molecule has 5 heteroatoms. The lowest BCUT2D eigenvalue weighted by molar-refractivity contribution is -0.204. The van der Waals surface area contributed by atoms with Gasteiger partial charge in [-0.1, -0.05) is 12.2 Å². The number of allylic oxidation sites excluding steroid dienone is 1. The Labute approximate surface area is 103 Å². The molecule has 5 nitrogen and oxygen atoms in total. The number of ether oxygens (including phenoxy) is 3. The van der Waals surface area contributed by atoms with Crippen molar-refractivity contribution in [3.63, 3.8) is 0 Å². The topological polar surface area (TPSA) is 61.8 Å². The Morgan fingerprint density at radius 1 is 1.39 bits per heavy atom. The molecule has 3 rings (SSSR count). The number of carbonyl (C=O) groups is 2. The van der Waals surface area contributed by atoms with Gasteiger partial charge in [0.2, 0.25) is 0 Å². The summed E-state index contributed by atoms with van der Waals surface area (Å²) in [5.74, 6) is 1.14. The minimum atomic E-state index is -0.742. The van der Waals surface area contributed by atoms with E-state index in [1.54, 1.807) is 0 Å². The summed E-state index contributed by atoms with van der Waals surface area (Å²) in [7, 11) is 0. The van der Waals surface area contributed by atoms with Crippen LogP contribution in [0.3, 0.4) is 0 Å². The van der Waals surface area contributed by atoms with Crippen LogP contribution < -0.4 is 0 Å². The van der Waals surface area contributed by atoms with E-state index in [0.717, 1.165) is 0 Å². The van der Waals surface area contributed by atoms with Crippen LogP contribution in [0.1, 0.15) is 0 Å². The highest BCUT2D eigenvalue weighted by Crippen LogP contribution is 2.44. The summed E-state index contributed by atoms with van der Waals surface area (Å²) in [6.45, 7) is -0.0347. The zero-order chi connectivity index (χ0) is 12.7. The molecular weight excluding hydrogens is 236 g/mol. The minimum Gasteiger partial charge on any atom is -0.455 e. The smallest absolute Gasteiger partial charge is 0.384 e. The molecule has 0 aromatic rings. The van der Waals surface area contributed by atoms with Crippen LogP contribution in [0.5, 0.6) is 0 Å². The molecule has 0 unspecified atom stereocenters. The summed E-state index contributed by atoms with van der Waals surface area (Å²) in [5.41, 5.74) is 0. The SMILES string of the molecule is C#CC(=O)OCC1=C[C@H]2[C@@H]3C=C[C@H]2C(=O)O[C@@H]3O1. The first-order chi connectivity index (χ1) is 8.69. The first-order valence-electron chi connectivity index (χ1n) is 5.58. The van der Waals surface area contributed by atoms with Crippen molar-refractivity contribution in [2.75, 3.05) is 6.61 Å². The van der Waals surface area contributed by atoms with Crippen molar-refractivity contribution in [3.8, 4) is 12.3 Å². The van der Waals surface area contributed by atoms with Crippen LogP contribution in [0, 0.1) is 30.1 Å². The third-order valence-corrected chi connectivity index (χ3v) is 3.33. The molecule has 0 radical (unpaired) electrons. The first-order valence-corrected chi connectivity index (χ1v) is 5.58. The standard InChI is InChI=1S/C13H10O5/c1-2-11(14)16-6-7-5-10-8-3-4-9(10)13(17-7)18-12(8)15/h1,3-5,8-10,13H,6H2/t8-,9+,10-,13+/m1/s1. The van der Waals surface area contributed by atoms with Crippen molar-refractivity contribution < 1.29 is 23.8 Å². The number of hydrogen-bond acceptors (Lipinski definition) is 5. The van der Waals surface area contributed by atoms with E-state index < -0.39 is 12.3 Å². The highest BCUT2D eigenvalue weighted by Gasteiger charge is 2.50. The molecule has 0 aromatic carbocycles. The zero-order valence-electron chi connectivity index (χ0n) is 9.37. The third kappa shape index (κ3) is 1.58. The van der Waals surface area contributed by atoms with Crippen molar-refractivity contribution in [2.45, 2.75) is 6.29 Å². The van der Waals surface area contributed by atoms with E-state index in [1.165, 1.54) is 0 Å². The Kier molecular flexibility index (Phi) is 2.37. The van der Waals surface area contributed by atoms with E-state index in [0.29, 0.717) is 5.76 Å². The fourth-order valence-electron chi connectivity index (χ4n) is 2.50. The van der Waals surface area contributed by atoms with Crippen molar-refractivity contribution in [2.24, 2.45) is 17.8 Å². The predicted molar refractivity (Wildman–Crippen MR) is 58.5 cm³/mol. The van der Waals surface area contributed by atoms with E-state index in [-0.39, 0.29) is 30.3 Å². The average Bonchev–Trinajstić information content (AvgIpc) is 2.71.